The Morgan fingerprint density at radius 2 is 2.26 bits per heavy atom. The molecule has 0 saturated heterocycles. The summed E-state index contributed by atoms with van der Waals surface area (Å²) in [5.41, 5.74) is 9.36. The highest BCUT2D eigenvalue weighted by Gasteiger charge is 2.21. The summed E-state index contributed by atoms with van der Waals surface area (Å²) >= 11 is 1.83. The van der Waals surface area contributed by atoms with E-state index < -0.39 is 0 Å². The first-order valence-corrected chi connectivity index (χ1v) is 7.29. The van der Waals surface area contributed by atoms with Gasteiger partial charge in [-0.2, -0.15) is 5.26 Å². The lowest BCUT2D eigenvalue weighted by molar-refractivity contribution is 0.609. The van der Waals surface area contributed by atoms with E-state index in [0.717, 1.165) is 12.1 Å². The first-order chi connectivity index (χ1) is 9.29. The monoisotopic (exact) mass is 269 g/mol. The van der Waals surface area contributed by atoms with Crippen LogP contribution in [-0.2, 0) is 6.42 Å². The molecule has 0 fully saturated rings. The van der Waals surface area contributed by atoms with Crippen LogP contribution in [0.1, 0.15) is 34.9 Å². The Morgan fingerprint density at radius 3 is 3.11 bits per heavy atom. The smallest absolute Gasteiger partial charge is 0.101 e. The number of anilines is 2. The lowest BCUT2D eigenvalue weighted by atomic mass is 9.93. The topological polar surface area (TPSA) is 61.8 Å². The molecule has 3 N–H and O–H groups in total. The maximum Gasteiger partial charge on any atom is 0.101 e. The van der Waals surface area contributed by atoms with E-state index in [1.807, 2.05) is 23.5 Å². The van der Waals surface area contributed by atoms with Gasteiger partial charge in [0.1, 0.15) is 6.07 Å². The molecule has 1 atom stereocenters. The molecule has 0 radical (unpaired) electrons. The average Bonchev–Trinajstić information content (AvgIpc) is 2.90. The highest BCUT2D eigenvalue weighted by molar-refractivity contribution is 7.10. The van der Waals surface area contributed by atoms with Gasteiger partial charge in [-0.3, -0.25) is 0 Å². The van der Waals surface area contributed by atoms with Crippen LogP contribution >= 0.6 is 11.3 Å². The maximum absolute atomic E-state index is 9.02. The Kier molecular flexibility index (Phi) is 3.14. The second-order valence-electron chi connectivity index (χ2n) is 4.77. The summed E-state index contributed by atoms with van der Waals surface area (Å²) in [7, 11) is 0. The number of aryl methyl sites for hydroxylation is 1. The van der Waals surface area contributed by atoms with E-state index in [0.29, 0.717) is 17.3 Å². The molecule has 96 valence electrons. The Balaban J connectivity index is 1.90. The van der Waals surface area contributed by atoms with Crippen LogP contribution in [0.4, 0.5) is 11.4 Å². The van der Waals surface area contributed by atoms with Crippen molar-refractivity contribution in [3.05, 3.63) is 45.6 Å². The number of para-hydroxylation sites is 1. The fraction of sp³-hybridized carbons (Fsp3) is 0.267. The van der Waals surface area contributed by atoms with Crippen molar-refractivity contribution >= 4 is 22.7 Å². The molecule has 3 nitrogen and oxygen atoms in total. The number of fused-ring (bicyclic) bond motifs is 1. The van der Waals surface area contributed by atoms with Crippen LogP contribution in [0.2, 0.25) is 0 Å². The van der Waals surface area contributed by atoms with Gasteiger partial charge in [-0.1, -0.05) is 6.07 Å². The molecule has 0 bridgehead atoms. The molecular weight excluding hydrogens is 254 g/mol. The van der Waals surface area contributed by atoms with Crippen LogP contribution in [0.5, 0.6) is 0 Å². The lowest BCUT2D eigenvalue weighted by Crippen LogP contribution is -2.16. The van der Waals surface area contributed by atoms with Crippen LogP contribution in [0, 0.1) is 11.3 Å². The van der Waals surface area contributed by atoms with E-state index in [2.05, 4.69) is 22.8 Å². The van der Waals surface area contributed by atoms with Gasteiger partial charge in [0.25, 0.3) is 0 Å². The number of thiophene rings is 1. The minimum absolute atomic E-state index is 0.311. The van der Waals surface area contributed by atoms with E-state index in [9.17, 15) is 0 Å². The first-order valence-electron chi connectivity index (χ1n) is 6.41. The van der Waals surface area contributed by atoms with Gasteiger partial charge >= 0.3 is 0 Å². The number of hydrogen-bond donors (Lipinski definition) is 2. The van der Waals surface area contributed by atoms with Gasteiger partial charge in [0.05, 0.1) is 23.0 Å². The fourth-order valence-corrected chi connectivity index (χ4v) is 3.60. The minimum Gasteiger partial charge on any atom is -0.396 e. The zero-order valence-electron chi connectivity index (χ0n) is 10.5. The minimum atomic E-state index is 0.311. The largest absolute Gasteiger partial charge is 0.396 e. The zero-order chi connectivity index (χ0) is 13.2. The fourth-order valence-electron chi connectivity index (χ4n) is 2.61. The molecule has 1 aliphatic rings. The summed E-state index contributed by atoms with van der Waals surface area (Å²) < 4.78 is 0. The molecule has 1 aliphatic carbocycles. The maximum atomic E-state index is 9.02. The number of rotatable bonds is 2. The molecular formula is C15H15N3S. The van der Waals surface area contributed by atoms with E-state index in [1.54, 1.807) is 6.07 Å². The molecule has 0 aliphatic heterocycles. The molecule has 0 saturated carbocycles. The molecule has 1 heterocycles. The number of nitrogens with two attached hydrogens (primary N) is 1. The molecule has 3 rings (SSSR count). The number of benzene rings is 1. The van der Waals surface area contributed by atoms with Crippen LogP contribution in [-0.4, -0.2) is 0 Å². The van der Waals surface area contributed by atoms with Crippen molar-refractivity contribution in [1.29, 1.82) is 5.26 Å². The Hall–Kier alpha value is -1.99. The molecule has 0 amide bonds. The van der Waals surface area contributed by atoms with Crippen LogP contribution in [0.15, 0.2) is 29.6 Å². The van der Waals surface area contributed by atoms with Crippen molar-refractivity contribution in [3.63, 3.8) is 0 Å². The summed E-state index contributed by atoms with van der Waals surface area (Å²) in [6, 6.07) is 10.2. The van der Waals surface area contributed by atoms with E-state index in [1.165, 1.54) is 23.3 Å². The third kappa shape index (κ3) is 2.18. The van der Waals surface area contributed by atoms with Gasteiger partial charge in [-0.05, 0) is 48.4 Å². The highest BCUT2D eigenvalue weighted by Crippen LogP contribution is 2.36. The van der Waals surface area contributed by atoms with Crippen molar-refractivity contribution in [2.24, 2.45) is 0 Å². The number of nitrogens with one attached hydrogen (secondary N) is 1. The standard InChI is InChI=1S/C15H15N3S/c16-9-10-3-1-5-13(15(10)17)18-12-4-2-6-14-11(12)7-8-19-14/h1,3,5,7-8,12,18H,2,4,6,17H2. The zero-order valence-corrected chi connectivity index (χ0v) is 11.3. The van der Waals surface area contributed by atoms with E-state index in [-0.39, 0.29) is 0 Å². The molecule has 0 spiro atoms. The number of nitriles is 1. The first kappa shape index (κ1) is 12.1. The highest BCUT2D eigenvalue weighted by atomic mass is 32.1. The summed E-state index contributed by atoms with van der Waals surface area (Å²) in [6.45, 7) is 0. The molecule has 1 unspecified atom stereocenters. The normalized spacial score (nSPS) is 17.5. The summed E-state index contributed by atoms with van der Waals surface area (Å²) in [5, 5.41) is 14.7. The van der Waals surface area contributed by atoms with Gasteiger partial charge in [-0.15, -0.1) is 11.3 Å². The van der Waals surface area contributed by atoms with Crippen molar-refractivity contribution in [3.8, 4) is 6.07 Å². The van der Waals surface area contributed by atoms with Gasteiger partial charge in [0, 0.05) is 4.88 Å². The molecule has 1 aromatic carbocycles. The number of hydrogen-bond acceptors (Lipinski definition) is 4. The van der Waals surface area contributed by atoms with Gasteiger partial charge < -0.3 is 11.1 Å². The van der Waals surface area contributed by atoms with Crippen molar-refractivity contribution < 1.29 is 0 Å². The second-order valence-corrected chi connectivity index (χ2v) is 5.77. The molecule has 4 heteroatoms. The van der Waals surface area contributed by atoms with Gasteiger partial charge in [0.2, 0.25) is 0 Å². The molecule has 19 heavy (non-hydrogen) atoms. The number of nitrogen functional groups attached to an aromatic ring is 1. The van der Waals surface area contributed by atoms with Gasteiger partial charge in [-0.25, -0.2) is 0 Å². The Bertz CT molecular complexity index is 639. The Morgan fingerprint density at radius 1 is 1.37 bits per heavy atom. The average molecular weight is 269 g/mol. The Labute approximate surface area is 116 Å². The predicted octanol–water partition coefficient (Wildman–Crippen LogP) is 3.69. The van der Waals surface area contributed by atoms with E-state index in [4.69, 9.17) is 11.0 Å². The quantitative estimate of drug-likeness (QED) is 0.817. The summed E-state index contributed by atoms with van der Waals surface area (Å²) in [4.78, 5) is 1.47. The lowest BCUT2D eigenvalue weighted by Gasteiger charge is -2.25. The van der Waals surface area contributed by atoms with Crippen molar-refractivity contribution in [2.45, 2.75) is 25.3 Å². The van der Waals surface area contributed by atoms with Gasteiger partial charge in [0.15, 0.2) is 0 Å². The molecule has 2 aromatic rings. The van der Waals surface area contributed by atoms with E-state index >= 15 is 0 Å². The SMILES string of the molecule is N#Cc1cccc(NC2CCCc3sccc32)c1N. The summed E-state index contributed by atoms with van der Waals surface area (Å²) in [6.07, 6.45) is 3.49. The second kappa shape index (κ2) is 4.94. The molecule has 1 aromatic heterocycles. The van der Waals surface area contributed by atoms with Crippen LogP contribution in [0.25, 0.3) is 0 Å². The predicted molar refractivity (Wildman–Crippen MR) is 79.2 cm³/mol. The third-order valence-corrected chi connectivity index (χ3v) is 4.60. The third-order valence-electron chi connectivity index (χ3n) is 3.61. The number of nitrogens with zero attached hydrogens (tertiary/aromatic N) is 1. The van der Waals surface area contributed by atoms with Crippen molar-refractivity contribution in [1.82, 2.24) is 0 Å². The van der Waals surface area contributed by atoms with Crippen molar-refractivity contribution in [2.75, 3.05) is 11.1 Å². The summed E-state index contributed by atoms with van der Waals surface area (Å²) in [5.74, 6) is 0. The van der Waals surface area contributed by atoms with Crippen LogP contribution < -0.4 is 11.1 Å². The van der Waals surface area contributed by atoms with Crippen LogP contribution in [0.3, 0.4) is 0 Å².